The van der Waals surface area contributed by atoms with E-state index in [0.29, 0.717) is 12.0 Å². The van der Waals surface area contributed by atoms with Crippen molar-refractivity contribution in [1.82, 2.24) is 6.15 Å². The molecule has 0 aromatic carbocycles. The standard InChI is InChI=1S/C5H4O2.H3N/c6-4-5-2-1-3-7-5;/h1-4H;1H3. The average molecular weight is 113 g/mol. The van der Waals surface area contributed by atoms with Crippen LogP contribution in [0.3, 0.4) is 0 Å². The third-order valence-electron chi connectivity index (χ3n) is 0.659. The van der Waals surface area contributed by atoms with Crippen molar-refractivity contribution < 1.29 is 9.21 Å². The summed E-state index contributed by atoms with van der Waals surface area (Å²) in [6.07, 6.45) is 2.13. The topological polar surface area (TPSA) is 65.2 Å². The zero-order chi connectivity index (χ0) is 5.11. The lowest BCUT2D eigenvalue weighted by molar-refractivity contribution is 0.110. The van der Waals surface area contributed by atoms with Crippen LogP contribution in [0.15, 0.2) is 22.8 Å². The summed E-state index contributed by atoms with van der Waals surface area (Å²) in [5.41, 5.74) is 0. The van der Waals surface area contributed by atoms with Crippen LogP contribution in [0.1, 0.15) is 10.6 Å². The van der Waals surface area contributed by atoms with Crippen LogP contribution in [-0.4, -0.2) is 6.29 Å². The normalized spacial score (nSPS) is 7.50. The van der Waals surface area contributed by atoms with Crippen molar-refractivity contribution in [3.8, 4) is 0 Å². The first-order valence-corrected chi connectivity index (χ1v) is 1.92. The fourth-order valence-corrected chi connectivity index (χ4v) is 0.358. The summed E-state index contributed by atoms with van der Waals surface area (Å²) in [5, 5.41) is 0. The molecule has 0 atom stereocenters. The Morgan fingerprint density at radius 1 is 1.62 bits per heavy atom. The Morgan fingerprint density at radius 2 is 2.38 bits per heavy atom. The molecule has 0 unspecified atom stereocenters. The Bertz CT molecular complexity index is 145. The van der Waals surface area contributed by atoms with E-state index >= 15 is 0 Å². The van der Waals surface area contributed by atoms with E-state index in [1.54, 1.807) is 12.1 Å². The Labute approximate surface area is 46.9 Å². The van der Waals surface area contributed by atoms with Gasteiger partial charge < -0.3 is 10.6 Å². The highest BCUT2D eigenvalue weighted by Crippen LogP contribution is 1.92. The molecule has 8 heavy (non-hydrogen) atoms. The quantitative estimate of drug-likeness (QED) is 0.557. The summed E-state index contributed by atoms with van der Waals surface area (Å²) >= 11 is 0. The summed E-state index contributed by atoms with van der Waals surface area (Å²) < 4.78 is 4.61. The summed E-state index contributed by atoms with van der Waals surface area (Å²) in [5.74, 6) is 0.375. The maximum absolute atomic E-state index is 9.77. The van der Waals surface area contributed by atoms with Gasteiger partial charge in [0.05, 0.1) is 6.26 Å². The van der Waals surface area contributed by atoms with Gasteiger partial charge in [0, 0.05) is 0 Å². The molecule has 0 bridgehead atoms. The molecule has 0 aliphatic carbocycles. The first-order chi connectivity index (χ1) is 3.43. The number of rotatable bonds is 1. The molecule has 1 heterocycles. The average Bonchev–Trinajstić information content (AvgIpc) is 2.14. The van der Waals surface area contributed by atoms with Gasteiger partial charge in [-0.2, -0.15) is 0 Å². The molecular formula is C5H7NO2. The van der Waals surface area contributed by atoms with Crippen LogP contribution in [-0.2, 0) is 0 Å². The minimum absolute atomic E-state index is 0. The monoisotopic (exact) mass is 113 g/mol. The number of aldehydes is 1. The lowest BCUT2D eigenvalue weighted by atomic mass is 10.5. The predicted molar refractivity (Wildman–Crippen MR) is 29.1 cm³/mol. The van der Waals surface area contributed by atoms with Crippen LogP contribution < -0.4 is 6.15 Å². The Morgan fingerprint density at radius 3 is 2.62 bits per heavy atom. The molecule has 0 saturated carbocycles. The van der Waals surface area contributed by atoms with Crippen molar-refractivity contribution in [3.05, 3.63) is 24.2 Å². The Kier molecular flexibility index (Phi) is 2.58. The maximum Gasteiger partial charge on any atom is 0.185 e. The summed E-state index contributed by atoms with van der Waals surface area (Å²) in [6.45, 7) is 0. The first kappa shape index (κ1) is 6.91. The van der Waals surface area contributed by atoms with E-state index in [4.69, 9.17) is 0 Å². The van der Waals surface area contributed by atoms with E-state index in [0.717, 1.165) is 0 Å². The van der Waals surface area contributed by atoms with Crippen LogP contribution in [0.25, 0.3) is 0 Å². The highest BCUT2D eigenvalue weighted by molar-refractivity contribution is 5.69. The van der Waals surface area contributed by atoms with Crippen molar-refractivity contribution in [3.63, 3.8) is 0 Å². The van der Waals surface area contributed by atoms with Gasteiger partial charge in [-0.1, -0.05) is 0 Å². The molecule has 1 rings (SSSR count). The van der Waals surface area contributed by atoms with Crippen LogP contribution in [0, 0.1) is 0 Å². The molecule has 0 aliphatic heterocycles. The SMILES string of the molecule is N.O=Cc1ccco1. The van der Waals surface area contributed by atoms with Gasteiger partial charge in [0.15, 0.2) is 12.0 Å². The van der Waals surface area contributed by atoms with Gasteiger partial charge in [-0.15, -0.1) is 0 Å². The van der Waals surface area contributed by atoms with Crippen LogP contribution in [0.2, 0.25) is 0 Å². The number of hydrogen-bond donors (Lipinski definition) is 1. The largest absolute Gasteiger partial charge is 0.462 e. The van der Waals surface area contributed by atoms with Crippen molar-refractivity contribution in [2.45, 2.75) is 0 Å². The molecule has 0 spiro atoms. The van der Waals surface area contributed by atoms with Gasteiger partial charge in [0.1, 0.15) is 0 Å². The highest BCUT2D eigenvalue weighted by Gasteiger charge is 1.84. The molecule has 0 amide bonds. The number of hydrogen-bond acceptors (Lipinski definition) is 3. The minimum Gasteiger partial charge on any atom is -0.462 e. The van der Waals surface area contributed by atoms with E-state index in [-0.39, 0.29) is 6.15 Å². The van der Waals surface area contributed by atoms with E-state index in [9.17, 15) is 4.79 Å². The maximum atomic E-state index is 9.77. The molecule has 1 aromatic heterocycles. The molecule has 44 valence electrons. The van der Waals surface area contributed by atoms with Gasteiger partial charge in [0.2, 0.25) is 0 Å². The van der Waals surface area contributed by atoms with Crippen LogP contribution >= 0.6 is 0 Å². The first-order valence-electron chi connectivity index (χ1n) is 1.92. The molecule has 0 fully saturated rings. The van der Waals surface area contributed by atoms with E-state index < -0.39 is 0 Å². The number of furan rings is 1. The highest BCUT2D eigenvalue weighted by atomic mass is 16.3. The molecule has 3 heteroatoms. The lowest BCUT2D eigenvalue weighted by Gasteiger charge is -1.68. The second kappa shape index (κ2) is 2.98. The molecule has 0 aliphatic rings. The molecule has 3 nitrogen and oxygen atoms in total. The zero-order valence-electron chi connectivity index (χ0n) is 4.33. The Balaban J connectivity index is 0.000000490. The molecule has 3 N–H and O–H groups in total. The summed E-state index contributed by atoms with van der Waals surface area (Å²) in [6, 6.07) is 3.27. The lowest BCUT2D eigenvalue weighted by Crippen LogP contribution is -1.65. The fraction of sp³-hybridized carbons (Fsp3) is 0. The van der Waals surface area contributed by atoms with Crippen LogP contribution in [0.4, 0.5) is 0 Å². The number of carbonyl (C=O) groups excluding carboxylic acids is 1. The second-order valence-electron chi connectivity index (χ2n) is 1.13. The van der Waals surface area contributed by atoms with Gasteiger partial charge in [-0.3, -0.25) is 4.79 Å². The third kappa shape index (κ3) is 1.20. The van der Waals surface area contributed by atoms with E-state index in [2.05, 4.69) is 4.42 Å². The van der Waals surface area contributed by atoms with Crippen LogP contribution in [0.5, 0.6) is 0 Å². The summed E-state index contributed by atoms with van der Waals surface area (Å²) in [4.78, 5) is 9.77. The van der Waals surface area contributed by atoms with E-state index in [1.165, 1.54) is 6.26 Å². The molecule has 1 aromatic rings. The third-order valence-corrected chi connectivity index (χ3v) is 0.659. The fourth-order valence-electron chi connectivity index (χ4n) is 0.358. The second-order valence-corrected chi connectivity index (χ2v) is 1.13. The van der Waals surface area contributed by atoms with Crippen molar-refractivity contribution in [2.75, 3.05) is 0 Å². The zero-order valence-corrected chi connectivity index (χ0v) is 4.33. The van der Waals surface area contributed by atoms with Gasteiger partial charge in [0.25, 0.3) is 0 Å². The van der Waals surface area contributed by atoms with Gasteiger partial charge in [-0.05, 0) is 12.1 Å². The van der Waals surface area contributed by atoms with Crippen molar-refractivity contribution in [1.29, 1.82) is 0 Å². The van der Waals surface area contributed by atoms with Crippen molar-refractivity contribution in [2.24, 2.45) is 0 Å². The molecule has 0 saturated heterocycles. The predicted octanol–water partition coefficient (Wildman–Crippen LogP) is 1.25. The minimum atomic E-state index is 0. The van der Waals surface area contributed by atoms with Crippen molar-refractivity contribution >= 4 is 6.29 Å². The van der Waals surface area contributed by atoms with Gasteiger partial charge in [-0.25, -0.2) is 0 Å². The summed E-state index contributed by atoms with van der Waals surface area (Å²) in [7, 11) is 0. The Hall–Kier alpha value is -1.09. The smallest absolute Gasteiger partial charge is 0.185 e. The number of carbonyl (C=O) groups is 1. The van der Waals surface area contributed by atoms with E-state index in [1.807, 2.05) is 0 Å². The molecular weight excluding hydrogens is 106 g/mol. The van der Waals surface area contributed by atoms with Gasteiger partial charge >= 0.3 is 0 Å². The molecule has 0 radical (unpaired) electrons.